The molecular formula is C18H15ClN4O. The second-order valence-electron chi connectivity index (χ2n) is 5.15. The van der Waals surface area contributed by atoms with Gasteiger partial charge in [-0.1, -0.05) is 60.1 Å². The fourth-order valence-electron chi connectivity index (χ4n) is 2.18. The average Bonchev–Trinajstić information content (AvgIpc) is 3.10. The number of benzene rings is 2. The highest BCUT2D eigenvalue weighted by Crippen LogP contribution is 2.26. The molecule has 24 heavy (non-hydrogen) atoms. The number of hydrogen-bond acceptors (Lipinski definition) is 3. The molecule has 3 rings (SSSR count). The van der Waals surface area contributed by atoms with Crippen molar-refractivity contribution in [3.63, 3.8) is 0 Å². The van der Waals surface area contributed by atoms with Crippen LogP contribution >= 0.6 is 11.6 Å². The van der Waals surface area contributed by atoms with Crippen LogP contribution in [0.2, 0.25) is 5.02 Å². The summed E-state index contributed by atoms with van der Waals surface area (Å²) >= 11 is 6.14. The van der Waals surface area contributed by atoms with Crippen LogP contribution in [0.3, 0.4) is 0 Å². The number of carbonyl (C=O) groups is 1. The number of rotatable bonds is 4. The van der Waals surface area contributed by atoms with Gasteiger partial charge in [-0.2, -0.15) is 10.2 Å². The van der Waals surface area contributed by atoms with Crippen LogP contribution in [-0.4, -0.2) is 21.8 Å². The lowest BCUT2D eigenvalue weighted by Crippen LogP contribution is -2.19. The Morgan fingerprint density at radius 2 is 1.83 bits per heavy atom. The van der Waals surface area contributed by atoms with Crippen LogP contribution in [0.5, 0.6) is 0 Å². The molecule has 0 atom stereocenters. The van der Waals surface area contributed by atoms with Gasteiger partial charge in [0.2, 0.25) is 0 Å². The summed E-state index contributed by atoms with van der Waals surface area (Å²) in [5, 5.41) is 11.5. The van der Waals surface area contributed by atoms with Crippen molar-refractivity contribution in [1.82, 2.24) is 15.6 Å². The van der Waals surface area contributed by atoms with Crippen molar-refractivity contribution >= 4 is 23.2 Å². The van der Waals surface area contributed by atoms with Crippen molar-refractivity contribution in [2.24, 2.45) is 5.10 Å². The van der Waals surface area contributed by atoms with Crippen molar-refractivity contribution in [2.45, 2.75) is 6.92 Å². The Morgan fingerprint density at radius 3 is 2.58 bits per heavy atom. The highest BCUT2D eigenvalue weighted by molar-refractivity contribution is 6.33. The number of amides is 1. The molecule has 2 N–H and O–H groups in total. The summed E-state index contributed by atoms with van der Waals surface area (Å²) in [5.41, 5.74) is 5.87. The SMILES string of the molecule is C/C(=N\NC(=O)c1cc(-c2ccccc2Cl)n[nH]1)c1ccccc1. The Labute approximate surface area is 144 Å². The highest BCUT2D eigenvalue weighted by atomic mass is 35.5. The third kappa shape index (κ3) is 3.52. The van der Waals surface area contributed by atoms with Gasteiger partial charge < -0.3 is 0 Å². The lowest BCUT2D eigenvalue weighted by Gasteiger charge is -2.01. The number of hydrogen-bond donors (Lipinski definition) is 2. The summed E-state index contributed by atoms with van der Waals surface area (Å²) in [6.45, 7) is 1.83. The van der Waals surface area contributed by atoms with Gasteiger partial charge in [-0.25, -0.2) is 5.43 Å². The molecule has 0 saturated carbocycles. The number of halogens is 1. The lowest BCUT2D eigenvalue weighted by molar-refractivity contribution is 0.0950. The first kappa shape index (κ1) is 16.0. The molecule has 0 aliphatic heterocycles. The quantitative estimate of drug-likeness (QED) is 0.559. The number of aromatic amines is 1. The van der Waals surface area contributed by atoms with Gasteiger partial charge in [0.1, 0.15) is 5.69 Å². The van der Waals surface area contributed by atoms with Crippen molar-refractivity contribution < 1.29 is 4.79 Å². The van der Waals surface area contributed by atoms with E-state index in [9.17, 15) is 4.79 Å². The lowest BCUT2D eigenvalue weighted by atomic mass is 10.1. The summed E-state index contributed by atoms with van der Waals surface area (Å²) in [5.74, 6) is -0.365. The molecule has 0 saturated heterocycles. The molecule has 0 fully saturated rings. The molecule has 0 aliphatic rings. The Kier molecular flexibility index (Phi) is 4.72. The van der Waals surface area contributed by atoms with E-state index in [2.05, 4.69) is 20.7 Å². The fourth-order valence-corrected chi connectivity index (χ4v) is 2.42. The number of carbonyl (C=O) groups excluding carboxylic acids is 1. The van der Waals surface area contributed by atoms with Crippen molar-refractivity contribution in [3.8, 4) is 11.3 Å². The zero-order chi connectivity index (χ0) is 16.9. The standard InChI is InChI=1S/C18H15ClN4O/c1-12(13-7-3-2-4-8-13)20-23-18(24)17-11-16(21-22-17)14-9-5-6-10-15(14)19/h2-11H,1H3,(H,21,22)(H,23,24)/b20-12+. The maximum atomic E-state index is 12.2. The second kappa shape index (κ2) is 7.10. The van der Waals surface area contributed by atoms with Gasteiger partial charge >= 0.3 is 0 Å². The summed E-state index contributed by atoms with van der Waals surface area (Å²) < 4.78 is 0. The largest absolute Gasteiger partial charge is 0.289 e. The van der Waals surface area contributed by atoms with Gasteiger partial charge in [-0.15, -0.1) is 0 Å². The van der Waals surface area contributed by atoms with Crippen LogP contribution in [0.4, 0.5) is 0 Å². The van der Waals surface area contributed by atoms with E-state index >= 15 is 0 Å². The van der Waals surface area contributed by atoms with E-state index in [-0.39, 0.29) is 5.91 Å². The molecule has 2 aromatic carbocycles. The molecule has 0 aliphatic carbocycles. The number of nitrogens with one attached hydrogen (secondary N) is 2. The fraction of sp³-hybridized carbons (Fsp3) is 0.0556. The molecule has 0 spiro atoms. The smallest absolute Gasteiger partial charge is 0.272 e. The zero-order valence-corrected chi connectivity index (χ0v) is 13.7. The van der Waals surface area contributed by atoms with E-state index in [1.165, 1.54) is 0 Å². The Hall–Kier alpha value is -2.92. The van der Waals surface area contributed by atoms with Crippen LogP contribution in [0.25, 0.3) is 11.3 Å². The van der Waals surface area contributed by atoms with E-state index in [1.54, 1.807) is 12.1 Å². The van der Waals surface area contributed by atoms with Crippen LogP contribution in [0.15, 0.2) is 65.8 Å². The van der Waals surface area contributed by atoms with Crippen LogP contribution < -0.4 is 5.43 Å². The Balaban J connectivity index is 1.74. The summed E-state index contributed by atoms with van der Waals surface area (Å²) in [6, 6.07) is 18.6. The first-order valence-electron chi connectivity index (χ1n) is 7.35. The third-order valence-corrected chi connectivity index (χ3v) is 3.82. The van der Waals surface area contributed by atoms with Crippen LogP contribution in [-0.2, 0) is 0 Å². The summed E-state index contributed by atoms with van der Waals surface area (Å²) in [7, 11) is 0. The first-order chi connectivity index (χ1) is 11.6. The van der Waals surface area contributed by atoms with Gasteiger partial charge in [0.05, 0.1) is 16.4 Å². The Morgan fingerprint density at radius 1 is 1.12 bits per heavy atom. The summed E-state index contributed by atoms with van der Waals surface area (Å²) in [6.07, 6.45) is 0. The number of hydrazone groups is 1. The maximum absolute atomic E-state index is 12.2. The van der Waals surface area contributed by atoms with Gasteiger partial charge in [-0.3, -0.25) is 9.89 Å². The topological polar surface area (TPSA) is 70.1 Å². The van der Waals surface area contributed by atoms with Crippen molar-refractivity contribution in [1.29, 1.82) is 0 Å². The van der Waals surface area contributed by atoms with Gasteiger partial charge in [0.25, 0.3) is 5.91 Å². The molecule has 120 valence electrons. The van der Waals surface area contributed by atoms with E-state index in [4.69, 9.17) is 11.6 Å². The number of nitrogens with zero attached hydrogens (tertiary/aromatic N) is 2. The predicted molar refractivity (Wildman–Crippen MR) is 95.2 cm³/mol. The minimum absolute atomic E-state index is 0.314. The van der Waals surface area contributed by atoms with Crippen molar-refractivity contribution in [2.75, 3.05) is 0 Å². The first-order valence-corrected chi connectivity index (χ1v) is 7.73. The highest BCUT2D eigenvalue weighted by Gasteiger charge is 2.12. The number of H-pyrrole nitrogens is 1. The molecular weight excluding hydrogens is 324 g/mol. The van der Waals surface area contributed by atoms with E-state index in [0.29, 0.717) is 16.4 Å². The maximum Gasteiger partial charge on any atom is 0.289 e. The minimum atomic E-state index is -0.365. The molecule has 6 heteroatoms. The van der Waals surface area contributed by atoms with Crippen molar-refractivity contribution in [3.05, 3.63) is 76.9 Å². The van der Waals surface area contributed by atoms with Gasteiger partial charge in [0.15, 0.2) is 0 Å². The third-order valence-electron chi connectivity index (χ3n) is 3.49. The Bertz CT molecular complexity index is 887. The van der Waals surface area contributed by atoms with Crippen LogP contribution in [0, 0.1) is 0 Å². The van der Waals surface area contributed by atoms with E-state index < -0.39 is 0 Å². The van der Waals surface area contributed by atoms with Gasteiger partial charge in [0, 0.05) is 5.56 Å². The molecule has 1 aromatic heterocycles. The molecule has 0 bridgehead atoms. The molecule has 0 radical (unpaired) electrons. The molecule has 1 heterocycles. The average molecular weight is 339 g/mol. The van der Waals surface area contributed by atoms with Gasteiger partial charge in [-0.05, 0) is 24.6 Å². The number of aromatic nitrogens is 2. The second-order valence-corrected chi connectivity index (χ2v) is 5.56. The zero-order valence-electron chi connectivity index (χ0n) is 13.0. The minimum Gasteiger partial charge on any atom is -0.272 e. The monoisotopic (exact) mass is 338 g/mol. The van der Waals surface area contributed by atoms with E-state index in [0.717, 1.165) is 16.8 Å². The normalized spacial score (nSPS) is 11.3. The van der Waals surface area contributed by atoms with Crippen LogP contribution in [0.1, 0.15) is 23.0 Å². The molecule has 3 aromatic rings. The molecule has 0 unspecified atom stereocenters. The predicted octanol–water partition coefficient (Wildman–Crippen LogP) is 3.88. The van der Waals surface area contributed by atoms with E-state index in [1.807, 2.05) is 55.5 Å². The summed E-state index contributed by atoms with van der Waals surface area (Å²) in [4.78, 5) is 12.2. The molecule has 1 amide bonds. The molecule has 5 nitrogen and oxygen atoms in total.